The minimum absolute atomic E-state index is 0.386. The number of hydrogen-bond donors (Lipinski definition) is 0. The molecule has 92 valence electrons. The molecule has 0 aliphatic heterocycles. The third-order valence-electron chi connectivity index (χ3n) is 2.27. The van der Waals surface area contributed by atoms with Crippen LogP contribution in [-0.4, -0.2) is 24.5 Å². The van der Waals surface area contributed by atoms with E-state index in [1.807, 2.05) is 13.0 Å². The first-order chi connectivity index (χ1) is 7.37. The summed E-state index contributed by atoms with van der Waals surface area (Å²) >= 11 is 7.23. The Labute approximate surface area is 106 Å². The second kappa shape index (κ2) is 5.49. The van der Waals surface area contributed by atoms with E-state index in [1.54, 1.807) is 19.9 Å². The molecule has 1 aromatic rings. The molecule has 0 unspecified atom stereocenters. The van der Waals surface area contributed by atoms with Gasteiger partial charge in [-0.3, -0.25) is 0 Å². The lowest BCUT2D eigenvalue weighted by Gasteiger charge is -2.22. The van der Waals surface area contributed by atoms with Gasteiger partial charge in [-0.25, -0.2) is 8.42 Å². The summed E-state index contributed by atoms with van der Waals surface area (Å²) in [5, 5.41) is -0.386. The Hall–Kier alpha value is -0.100. The maximum Gasteiger partial charge on any atom is 0.216 e. The van der Waals surface area contributed by atoms with E-state index in [2.05, 4.69) is 0 Å². The molecule has 0 N–H and O–H groups in total. The Bertz CT molecular complexity index is 439. The van der Waals surface area contributed by atoms with E-state index in [9.17, 15) is 8.42 Å². The van der Waals surface area contributed by atoms with Crippen molar-refractivity contribution in [2.75, 3.05) is 6.54 Å². The summed E-state index contributed by atoms with van der Waals surface area (Å²) in [6, 6.07) is 3.66. The Morgan fingerprint density at radius 3 is 2.44 bits per heavy atom. The second-order valence-electron chi connectivity index (χ2n) is 3.73. The first kappa shape index (κ1) is 14.0. The third-order valence-corrected chi connectivity index (χ3v) is 5.78. The van der Waals surface area contributed by atoms with Crippen molar-refractivity contribution in [2.45, 2.75) is 32.6 Å². The molecule has 16 heavy (non-hydrogen) atoms. The van der Waals surface area contributed by atoms with Gasteiger partial charge < -0.3 is 0 Å². The smallest absolute Gasteiger partial charge is 0.212 e. The van der Waals surface area contributed by atoms with E-state index in [-0.39, 0.29) is 5.25 Å². The molecule has 0 radical (unpaired) electrons. The molecular weight excluding hydrogens is 266 g/mol. The van der Waals surface area contributed by atoms with Gasteiger partial charge in [-0.05, 0) is 26.0 Å². The highest BCUT2D eigenvalue weighted by atomic mass is 35.5. The number of hydrogen-bond acceptors (Lipinski definition) is 3. The van der Waals surface area contributed by atoms with Crippen molar-refractivity contribution in [3.05, 3.63) is 21.3 Å². The van der Waals surface area contributed by atoms with Crippen LogP contribution in [0.1, 0.15) is 25.6 Å². The molecule has 0 bridgehead atoms. The van der Waals surface area contributed by atoms with E-state index in [1.165, 1.54) is 15.6 Å². The molecule has 0 saturated heterocycles. The number of rotatable bonds is 5. The lowest BCUT2D eigenvalue weighted by atomic mass is 10.4. The van der Waals surface area contributed by atoms with Gasteiger partial charge in [0.15, 0.2) is 0 Å². The van der Waals surface area contributed by atoms with Crippen LogP contribution in [0.4, 0.5) is 0 Å². The average Bonchev–Trinajstić information content (AvgIpc) is 2.60. The van der Waals surface area contributed by atoms with Crippen LogP contribution >= 0.6 is 22.9 Å². The van der Waals surface area contributed by atoms with E-state index in [4.69, 9.17) is 11.6 Å². The predicted octanol–water partition coefficient (Wildman–Crippen LogP) is 2.96. The Kier molecular flexibility index (Phi) is 4.79. The normalized spacial score (nSPS) is 12.6. The summed E-state index contributed by atoms with van der Waals surface area (Å²) in [4.78, 5) is 0.969. The Morgan fingerprint density at radius 1 is 1.44 bits per heavy atom. The maximum absolute atomic E-state index is 12.0. The van der Waals surface area contributed by atoms with E-state index >= 15 is 0 Å². The minimum Gasteiger partial charge on any atom is -0.212 e. The molecular formula is C10H16ClNO2S2. The van der Waals surface area contributed by atoms with Crippen LogP contribution < -0.4 is 0 Å². The summed E-state index contributed by atoms with van der Waals surface area (Å²) in [6.07, 6.45) is 0. The van der Waals surface area contributed by atoms with Gasteiger partial charge in [0.05, 0.1) is 9.59 Å². The molecule has 6 heteroatoms. The molecule has 0 fully saturated rings. The molecule has 0 spiro atoms. The van der Waals surface area contributed by atoms with Crippen LogP contribution in [0.2, 0.25) is 4.34 Å². The fraction of sp³-hybridized carbons (Fsp3) is 0.600. The number of halogens is 1. The number of nitrogens with zero attached hydrogens (tertiary/aromatic N) is 1. The molecule has 1 heterocycles. The molecule has 1 rings (SSSR count). The highest BCUT2D eigenvalue weighted by Gasteiger charge is 2.24. The largest absolute Gasteiger partial charge is 0.216 e. The van der Waals surface area contributed by atoms with E-state index in [0.717, 1.165) is 4.88 Å². The molecule has 0 saturated carbocycles. The van der Waals surface area contributed by atoms with Crippen LogP contribution in [-0.2, 0) is 16.6 Å². The topological polar surface area (TPSA) is 37.4 Å². The Balaban J connectivity index is 2.85. The van der Waals surface area contributed by atoms with Crippen molar-refractivity contribution in [3.63, 3.8) is 0 Å². The molecule has 0 amide bonds. The highest BCUT2D eigenvalue weighted by molar-refractivity contribution is 7.89. The van der Waals surface area contributed by atoms with Crippen molar-refractivity contribution in [1.29, 1.82) is 0 Å². The second-order valence-corrected chi connectivity index (χ2v) is 8.01. The van der Waals surface area contributed by atoms with Crippen molar-refractivity contribution < 1.29 is 8.42 Å². The zero-order chi connectivity index (χ0) is 12.3. The van der Waals surface area contributed by atoms with Gasteiger partial charge in [-0.1, -0.05) is 18.5 Å². The quantitative estimate of drug-likeness (QED) is 0.832. The van der Waals surface area contributed by atoms with Gasteiger partial charge in [-0.2, -0.15) is 4.31 Å². The SMILES string of the molecule is CCN(Cc1ccc(Cl)s1)S(=O)(=O)C(C)C. The molecule has 1 aromatic heterocycles. The molecule has 0 aliphatic rings. The summed E-state index contributed by atoms with van der Waals surface area (Å²) in [6.45, 7) is 6.12. The van der Waals surface area contributed by atoms with Gasteiger partial charge in [0.25, 0.3) is 0 Å². The van der Waals surface area contributed by atoms with Crippen molar-refractivity contribution >= 4 is 33.0 Å². The van der Waals surface area contributed by atoms with Crippen LogP contribution in [0.25, 0.3) is 0 Å². The van der Waals surface area contributed by atoms with Crippen molar-refractivity contribution in [2.24, 2.45) is 0 Å². The van der Waals surface area contributed by atoms with Crippen molar-refractivity contribution in [3.8, 4) is 0 Å². The van der Waals surface area contributed by atoms with Gasteiger partial charge >= 0.3 is 0 Å². The van der Waals surface area contributed by atoms with Crippen LogP contribution in [0.15, 0.2) is 12.1 Å². The number of sulfonamides is 1. The lowest BCUT2D eigenvalue weighted by molar-refractivity contribution is 0.421. The van der Waals surface area contributed by atoms with Gasteiger partial charge in [0.2, 0.25) is 10.0 Å². The van der Waals surface area contributed by atoms with Crippen molar-refractivity contribution in [1.82, 2.24) is 4.31 Å². The van der Waals surface area contributed by atoms with E-state index < -0.39 is 10.0 Å². The zero-order valence-corrected chi connectivity index (χ0v) is 12.0. The third kappa shape index (κ3) is 3.20. The van der Waals surface area contributed by atoms with Gasteiger partial charge in [0.1, 0.15) is 0 Å². The molecule has 0 aromatic carbocycles. The van der Waals surface area contributed by atoms with Crippen LogP contribution in [0.5, 0.6) is 0 Å². The highest BCUT2D eigenvalue weighted by Crippen LogP contribution is 2.24. The zero-order valence-electron chi connectivity index (χ0n) is 9.60. The molecule has 3 nitrogen and oxygen atoms in total. The van der Waals surface area contributed by atoms with Gasteiger partial charge in [0, 0.05) is 18.0 Å². The monoisotopic (exact) mass is 281 g/mol. The summed E-state index contributed by atoms with van der Waals surface area (Å²) in [7, 11) is -3.18. The first-order valence-electron chi connectivity index (χ1n) is 5.11. The standard InChI is InChI=1S/C10H16ClNO2S2/c1-4-12(16(13,14)8(2)3)7-9-5-6-10(11)15-9/h5-6,8H,4,7H2,1-3H3. The van der Waals surface area contributed by atoms with Crippen LogP contribution in [0, 0.1) is 0 Å². The fourth-order valence-corrected chi connectivity index (χ4v) is 3.75. The first-order valence-corrected chi connectivity index (χ1v) is 7.81. The molecule has 0 aliphatic carbocycles. The maximum atomic E-state index is 12.0. The predicted molar refractivity (Wildman–Crippen MR) is 69.5 cm³/mol. The molecule has 0 atom stereocenters. The fourth-order valence-electron chi connectivity index (χ4n) is 1.29. The van der Waals surface area contributed by atoms with Gasteiger partial charge in [-0.15, -0.1) is 11.3 Å². The van der Waals surface area contributed by atoms with Crippen LogP contribution in [0.3, 0.4) is 0 Å². The summed E-state index contributed by atoms with van der Waals surface area (Å²) in [5.41, 5.74) is 0. The average molecular weight is 282 g/mol. The minimum atomic E-state index is -3.18. The Morgan fingerprint density at radius 2 is 2.06 bits per heavy atom. The summed E-state index contributed by atoms with van der Waals surface area (Å²) in [5.74, 6) is 0. The summed E-state index contributed by atoms with van der Waals surface area (Å²) < 4.78 is 26.1. The lowest BCUT2D eigenvalue weighted by Crippen LogP contribution is -2.35. The number of thiophene rings is 1. The van der Waals surface area contributed by atoms with E-state index in [0.29, 0.717) is 17.4 Å².